The Bertz CT molecular complexity index is 880. The molecule has 23 heavy (non-hydrogen) atoms. The van der Waals surface area contributed by atoms with Crippen LogP contribution in [0.1, 0.15) is 10.4 Å². The van der Waals surface area contributed by atoms with Crippen LogP contribution in [0.4, 0.5) is 0 Å². The molecule has 0 saturated carbocycles. The van der Waals surface area contributed by atoms with Crippen LogP contribution in [-0.2, 0) is 4.74 Å². The molecule has 0 aliphatic rings. The molecular formula is C19H14O4. The number of hydrogen-bond acceptors (Lipinski definition) is 4. The molecular weight excluding hydrogens is 292 g/mol. The van der Waals surface area contributed by atoms with Gasteiger partial charge in [0.05, 0.1) is 7.11 Å². The first-order chi connectivity index (χ1) is 11.2. The minimum absolute atomic E-state index is 0.0987. The van der Waals surface area contributed by atoms with Crippen LogP contribution in [0.2, 0.25) is 0 Å². The predicted octanol–water partition coefficient (Wildman–Crippen LogP) is 3.76. The molecule has 4 heteroatoms. The van der Waals surface area contributed by atoms with Crippen molar-refractivity contribution < 1.29 is 13.9 Å². The zero-order valence-corrected chi connectivity index (χ0v) is 12.5. The molecule has 3 rings (SSSR count). The maximum absolute atomic E-state index is 12.4. The van der Waals surface area contributed by atoms with Crippen molar-refractivity contribution >= 4 is 5.97 Å². The van der Waals surface area contributed by atoms with Crippen molar-refractivity contribution in [3.63, 3.8) is 0 Å². The summed E-state index contributed by atoms with van der Waals surface area (Å²) in [5.41, 5.74) is 0.875. The lowest BCUT2D eigenvalue weighted by Gasteiger charge is -2.09. The molecule has 3 aromatic rings. The van der Waals surface area contributed by atoms with Gasteiger partial charge in [0.25, 0.3) is 0 Å². The molecule has 0 atom stereocenters. The number of rotatable bonds is 3. The fraction of sp³-hybridized carbons (Fsp3) is 0.0526. The number of carbonyl (C=O) groups is 1. The second-order valence-electron chi connectivity index (χ2n) is 4.90. The van der Waals surface area contributed by atoms with Gasteiger partial charge in [-0.2, -0.15) is 0 Å². The Balaban J connectivity index is 2.27. The van der Waals surface area contributed by atoms with Gasteiger partial charge >= 0.3 is 5.97 Å². The molecule has 0 amide bonds. The van der Waals surface area contributed by atoms with Crippen LogP contribution in [0.5, 0.6) is 0 Å². The third-order valence-electron chi connectivity index (χ3n) is 3.43. The van der Waals surface area contributed by atoms with Crippen molar-refractivity contribution in [2.75, 3.05) is 7.11 Å². The molecule has 0 N–H and O–H groups in total. The van der Waals surface area contributed by atoms with Gasteiger partial charge in [0.1, 0.15) is 5.76 Å². The Morgan fingerprint density at radius 1 is 0.913 bits per heavy atom. The SMILES string of the molecule is COC(=O)c1c(-c2ccccc2)oc(-c2ccccc2)cc1=O. The van der Waals surface area contributed by atoms with E-state index in [4.69, 9.17) is 9.15 Å². The highest BCUT2D eigenvalue weighted by Crippen LogP contribution is 2.27. The number of esters is 1. The lowest BCUT2D eigenvalue weighted by Crippen LogP contribution is -2.17. The van der Waals surface area contributed by atoms with Crippen molar-refractivity contribution in [1.82, 2.24) is 0 Å². The Labute approximate surface area is 133 Å². The first-order valence-electron chi connectivity index (χ1n) is 7.08. The first-order valence-corrected chi connectivity index (χ1v) is 7.08. The van der Waals surface area contributed by atoms with Gasteiger partial charge < -0.3 is 9.15 Å². The van der Waals surface area contributed by atoms with Crippen LogP contribution in [-0.4, -0.2) is 13.1 Å². The molecule has 0 radical (unpaired) electrons. The van der Waals surface area contributed by atoms with E-state index < -0.39 is 11.4 Å². The summed E-state index contributed by atoms with van der Waals surface area (Å²) >= 11 is 0. The fourth-order valence-electron chi connectivity index (χ4n) is 2.33. The van der Waals surface area contributed by atoms with Gasteiger partial charge in [0, 0.05) is 17.2 Å². The third kappa shape index (κ3) is 2.92. The van der Waals surface area contributed by atoms with Gasteiger partial charge in [-0.3, -0.25) is 4.79 Å². The summed E-state index contributed by atoms with van der Waals surface area (Å²) in [6.45, 7) is 0. The number of carbonyl (C=O) groups excluding carboxylic acids is 1. The average Bonchev–Trinajstić information content (AvgIpc) is 2.62. The topological polar surface area (TPSA) is 56.5 Å². The first kappa shape index (κ1) is 14.8. The molecule has 2 aromatic carbocycles. The predicted molar refractivity (Wildman–Crippen MR) is 87.2 cm³/mol. The Kier molecular flexibility index (Phi) is 4.06. The standard InChI is InChI=1S/C19H14O4/c1-22-19(21)17-15(20)12-16(13-8-4-2-5-9-13)23-18(17)14-10-6-3-7-11-14/h2-12H,1H3. The summed E-state index contributed by atoms with van der Waals surface area (Å²) in [5.74, 6) is -0.0943. The monoisotopic (exact) mass is 306 g/mol. The summed E-state index contributed by atoms with van der Waals surface area (Å²) in [4.78, 5) is 24.4. The van der Waals surface area contributed by atoms with E-state index in [1.165, 1.54) is 13.2 Å². The zero-order chi connectivity index (χ0) is 16.2. The van der Waals surface area contributed by atoms with Gasteiger partial charge in [-0.1, -0.05) is 60.7 Å². The lowest BCUT2D eigenvalue weighted by atomic mass is 10.1. The van der Waals surface area contributed by atoms with Crippen LogP contribution in [0.15, 0.2) is 75.9 Å². The van der Waals surface area contributed by atoms with E-state index in [1.54, 1.807) is 12.1 Å². The second-order valence-corrected chi connectivity index (χ2v) is 4.90. The molecule has 0 aliphatic heterocycles. The van der Waals surface area contributed by atoms with Gasteiger partial charge in [0.2, 0.25) is 5.43 Å². The normalized spacial score (nSPS) is 10.3. The summed E-state index contributed by atoms with van der Waals surface area (Å²) in [7, 11) is 1.24. The van der Waals surface area contributed by atoms with Crippen molar-refractivity contribution in [1.29, 1.82) is 0 Å². The van der Waals surface area contributed by atoms with E-state index in [9.17, 15) is 9.59 Å². The molecule has 0 aliphatic carbocycles. The maximum Gasteiger partial charge on any atom is 0.345 e. The third-order valence-corrected chi connectivity index (χ3v) is 3.43. The molecule has 1 heterocycles. The van der Waals surface area contributed by atoms with E-state index in [-0.39, 0.29) is 11.3 Å². The van der Waals surface area contributed by atoms with Crippen molar-refractivity contribution in [3.05, 3.63) is 82.5 Å². The lowest BCUT2D eigenvalue weighted by molar-refractivity contribution is 0.0598. The molecule has 0 fully saturated rings. The number of ether oxygens (including phenoxy) is 1. The van der Waals surface area contributed by atoms with E-state index >= 15 is 0 Å². The van der Waals surface area contributed by atoms with E-state index in [1.807, 2.05) is 48.5 Å². The van der Waals surface area contributed by atoms with Gasteiger partial charge in [-0.25, -0.2) is 4.79 Å². The summed E-state index contributed by atoms with van der Waals surface area (Å²) in [6, 6.07) is 19.6. The minimum atomic E-state index is -0.711. The number of benzene rings is 2. The van der Waals surface area contributed by atoms with E-state index in [2.05, 4.69) is 0 Å². The van der Waals surface area contributed by atoms with Crippen LogP contribution in [0, 0.1) is 0 Å². The highest BCUT2D eigenvalue weighted by Gasteiger charge is 2.21. The summed E-state index contributed by atoms with van der Waals surface area (Å²) < 4.78 is 10.6. The highest BCUT2D eigenvalue weighted by molar-refractivity contribution is 5.95. The largest absolute Gasteiger partial charge is 0.465 e. The second kappa shape index (κ2) is 6.32. The van der Waals surface area contributed by atoms with Crippen molar-refractivity contribution in [2.45, 2.75) is 0 Å². The minimum Gasteiger partial charge on any atom is -0.465 e. The smallest absolute Gasteiger partial charge is 0.345 e. The molecule has 0 saturated heterocycles. The van der Waals surface area contributed by atoms with Crippen molar-refractivity contribution in [2.24, 2.45) is 0 Å². The van der Waals surface area contributed by atoms with Gasteiger partial charge in [-0.15, -0.1) is 0 Å². The fourth-order valence-corrected chi connectivity index (χ4v) is 2.33. The molecule has 0 spiro atoms. The zero-order valence-electron chi connectivity index (χ0n) is 12.5. The van der Waals surface area contributed by atoms with Crippen LogP contribution >= 0.6 is 0 Å². The highest BCUT2D eigenvalue weighted by atomic mass is 16.5. The molecule has 0 unspecified atom stereocenters. The molecule has 0 bridgehead atoms. The van der Waals surface area contributed by atoms with E-state index in [0.29, 0.717) is 11.3 Å². The summed E-state index contributed by atoms with van der Waals surface area (Å²) in [5, 5.41) is 0. The Hall–Kier alpha value is -3.14. The molecule has 114 valence electrons. The Morgan fingerprint density at radius 3 is 2.04 bits per heavy atom. The van der Waals surface area contributed by atoms with Crippen molar-refractivity contribution in [3.8, 4) is 22.6 Å². The van der Waals surface area contributed by atoms with Crippen LogP contribution in [0.25, 0.3) is 22.6 Å². The number of hydrogen-bond donors (Lipinski definition) is 0. The van der Waals surface area contributed by atoms with Crippen LogP contribution in [0.3, 0.4) is 0 Å². The number of methoxy groups -OCH3 is 1. The quantitative estimate of drug-likeness (QED) is 0.691. The van der Waals surface area contributed by atoms with Crippen LogP contribution < -0.4 is 5.43 Å². The molecule has 4 nitrogen and oxygen atoms in total. The summed E-state index contributed by atoms with van der Waals surface area (Å²) in [6.07, 6.45) is 0. The van der Waals surface area contributed by atoms with Gasteiger partial charge in [0.15, 0.2) is 11.3 Å². The van der Waals surface area contributed by atoms with E-state index in [0.717, 1.165) is 5.56 Å². The average molecular weight is 306 g/mol. The molecule has 1 aromatic heterocycles. The maximum atomic E-state index is 12.4. The van der Waals surface area contributed by atoms with Gasteiger partial charge in [-0.05, 0) is 0 Å². The Morgan fingerprint density at radius 2 is 1.48 bits per heavy atom.